The van der Waals surface area contributed by atoms with Crippen LogP contribution in [0, 0.1) is 6.92 Å². The molecule has 1 aromatic heterocycles. The fourth-order valence-electron chi connectivity index (χ4n) is 2.08. The highest BCUT2D eigenvalue weighted by Gasteiger charge is 2.11. The van der Waals surface area contributed by atoms with Crippen LogP contribution in [-0.4, -0.2) is 31.5 Å². The third-order valence-corrected chi connectivity index (χ3v) is 3.12. The summed E-state index contributed by atoms with van der Waals surface area (Å²) in [6, 6.07) is 13.5. The number of hydroxylamine groups is 1. The van der Waals surface area contributed by atoms with Crippen molar-refractivity contribution in [3.63, 3.8) is 0 Å². The Morgan fingerprint density at radius 1 is 1.17 bits per heavy atom. The summed E-state index contributed by atoms with van der Waals surface area (Å²) in [5.74, 6) is 0.594. The van der Waals surface area contributed by atoms with E-state index in [2.05, 4.69) is 15.6 Å². The van der Waals surface area contributed by atoms with Crippen molar-refractivity contribution < 1.29 is 14.4 Å². The van der Waals surface area contributed by atoms with E-state index in [4.69, 9.17) is 14.4 Å². The normalized spacial score (nSPS) is 11.3. The van der Waals surface area contributed by atoms with Crippen molar-refractivity contribution >= 4 is 5.71 Å². The Hall–Kier alpha value is -2.44. The van der Waals surface area contributed by atoms with Crippen LogP contribution in [0.15, 0.2) is 47.6 Å². The number of ether oxygens (including phenoxy) is 1. The largest absolute Gasteiger partial charge is 0.473 e. The number of nitrogens with zero attached hydrogens (tertiary/aromatic N) is 2. The number of oxime groups is 1. The molecule has 122 valence electrons. The van der Waals surface area contributed by atoms with Gasteiger partial charge >= 0.3 is 0 Å². The first-order valence-electron chi connectivity index (χ1n) is 7.28. The molecule has 0 radical (unpaired) electrons. The lowest BCUT2D eigenvalue weighted by atomic mass is 10.0. The Balaban J connectivity index is 2.17. The van der Waals surface area contributed by atoms with Crippen molar-refractivity contribution in [1.82, 2.24) is 10.5 Å². The van der Waals surface area contributed by atoms with Gasteiger partial charge in [-0.15, -0.1) is 0 Å². The molecule has 0 amide bonds. The van der Waals surface area contributed by atoms with E-state index in [1.807, 2.05) is 49.4 Å². The van der Waals surface area contributed by atoms with E-state index in [0.29, 0.717) is 18.2 Å². The monoisotopic (exact) mass is 315 g/mol. The molecule has 0 aliphatic carbocycles. The number of pyridine rings is 1. The zero-order chi connectivity index (χ0) is 16.5. The Kier molecular flexibility index (Phi) is 6.53. The second kappa shape index (κ2) is 8.87. The first kappa shape index (κ1) is 16.9. The number of aryl methyl sites for hydroxylation is 1. The summed E-state index contributed by atoms with van der Waals surface area (Å²) in [5.41, 5.74) is 6.12. The van der Waals surface area contributed by atoms with Crippen molar-refractivity contribution in [2.75, 3.05) is 20.8 Å². The summed E-state index contributed by atoms with van der Waals surface area (Å²) in [4.78, 5) is 14.5. The first-order chi connectivity index (χ1) is 11.2. The lowest BCUT2D eigenvalue weighted by Gasteiger charge is -2.12. The highest BCUT2D eigenvalue weighted by Crippen LogP contribution is 2.15. The van der Waals surface area contributed by atoms with Gasteiger partial charge in [0.05, 0.1) is 0 Å². The van der Waals surface area contributed by atoms with E-state index < -0.39 is 0 Å². The molecule has 0 fully saturated rings. The Morgan fingerprint density at radius 3 is 2.74 bits per heavy atom. The summed E-state index contributed by atoms with van der Waals surface area (Å²) < 4.78 is 5.78. The molecule has 0 aliphatic rings. The topological polar surface area (TPSA) is 65.0 Å². The molecular weight excluding hydrogens is 294 g/mol. The molecule has 1 aromatic carbocycles. The van der Waals surface area contributed by atoms with Crippen LogP contribution in [0.1, 0.15) is 16.8 Å². The van der Waals surface area contributed by atoms with Gasteiger partial charge < -0.3 is 9.57 Å². The molecule has 0 aliphatic heterocycles. The average Bonchev–Trinajstić information content (AvgIpc) is 2.57. The van der Waals surface area contributed by atoms with Crippen LogP contribution >= 0.6 is 0 Å². The van der Waals surface area contributed by atoms with Crippen molar-refractivity contribution in [1.29, 1.82) is 0 Å². The Labute approximate surface area is 136 Å². The fourth-order valence-corrected chi connectivity index (χ4v) is 2.08. The van der Waals surface area contributed by atoms with Gasteiger partial charge in [-0.3, -0.25) is 4.84 Å². The molecule has 6 heteroatoms. The molecule has 0 bridgehead atoms. The smallest absolute Gasteiger partial charge is 0.213 e. The maximum atomic E-state index is 5.78. The molecule has 0 atom stereocenters. The second-order valence-electron chi connectivity index (χ2n) is 4.78. The maximum Gasteiger partial charge on any atom is 0.213 e. The Bertz CT molecular complexity index is 659. The van der Waals surface area contributed by atoms with Gasteiger partial charge in [0, 0.05) is 24.4 Å². The number of nitrogens with one attached hydrogen (secondary N) is 1. The molecule has 0 unspecified atom stereocenters. The number of benzene rings is 1. The summed E-state index contributed by atoms with van der Waals surface area (Å²) in [7, 11) is 3.21. The molecule has 23 heavy (non-hydrogen) atoms. The van der Waals surface area contributed by atoms with Crippen molar-refractivity contribution in [2.45, 2.75) is 13.5 Å². The molecule has 1 heterocycles. The molecule has 0 spiro atoms. The number of rotatable bonds is 8. The van der Waals surface area contributed by atoms with Crippen LogP contribution in [0.4, 0.5) is 0 Å². The standard InChI is InChI=1S/C17H21N3O3/c1-13-7-6-10-17(19-13)22-11-14-8-4-5-9-15(14)16(20-21-3)12-23-18-2/h4-10,18H,11-12H2,1-3H3/b20-16+. The predicted octanol–water partition coefficient (Wildman–Crippen LogP) is 2.47. The molecule has 6 nitrogen and oxygen atoms in total. The molecule has 0 saturated heterocycles. The van der Waals surface area contributed by atoms with Gasteiger partial charge in [0.1, 0.15) is 26.0 Å². The second-order valence-corrected chi connectivity index (χ2v) is 4.78. The first-order valence-corrected chi connectivity index (χ1v) is 7.28. The van der Waals surface area contributed by atoms with E-state index in [1.54, 1.807) is 7.05 Å². The van der Waals surface area contributed by atoms with Crippen LogP contribution in [-0.2, 0) is 16.3 Å². The highest BCUT2D eigenvalue weighted by molar-refractivity contribution is 6.02. The van der Waals surface area contributed by atoms with Crippen LogP contribution in [0.3, 0.4) is 0 Å². The number of aromatic nitrogens is 1. The highest BCUT2D eigenvalue weighted by atomic mass is 16.6. The van der Waals surface area contributed by atoms with Crippen LogP contribution in [0.2, 0.25) is 0 Å². The lowest BCUT2D eigenvalue weighted by molar-refractivity contribution is 0.0866. The van der Waals surface area contributed by atoms with Crippen molar-refractivity contribution in [3.8, 4) is 5.88 Å². The minimum atomic E-state index is 0.282. The summed E-state index contributed by atoms with van der Waals surface area (Å²) >= 11 is 0. The molecular formula is C17H21N3O3. The summed E-state index contributed by atoms with van der Waals surface area (Å²) in [6.45, 7) is 2.60. The maximum absolute atomic E-state index is 5.78. The molecule has 0 saturated carbocycles. The van der Waals surface area contributed by atoms with Gasteiger partial charge in [0.15, 0.2) is 0 Å². The third-order valence-electron chi connectivity index (χ3n) is 3.12. The van der Waals surface area contributed by atoms with Gasteiger partial charge in [-0.05, 0) is 18.6 Å². The van der Waals surface area contributed by atoms with E-state index in [9.17, 15) is 0 Å². The third kappa shape index (κ3) is 5.05. The van der Waals surface area contributed by atoms with E-state index >= 15 is 0 Å². The van der Waals surface area contributed by atoms with Gasteiger partial charge in [-0.2, -0.15) is 0 Å². The fraction of sp³-hybridized carbons (Fsp3) is 0.294. The van der Waals surface area contributed by atoms with Crippen LogP contribution < -0.4 is 10.2 Å². The zero-order valence-corrected chi connectivity index (χ0v) is 13.6. The van der Waals surface area contributed by atoms with Gasteiger partial charge in [0.25, 0.3) is 0 Å². The molecule has 1 N–H and O–H groups in total. The Morgan fingerprint density at radius 2 is 2.00 bits per heavy atom. The minimum absolute atomic E-state index is 0.282. The number of hydrogen-bond donors (Lipinski definition) is 1. The minimum Gasteiger partial charge on any atom is -0.473 e. The van der Waals surface area contributed by atoms with E-state index in [-0.39, 0.29) is 6.61 Å². The van der Waals surface area contributed by atoms with Gasteiger partial charge in [-0.25, -0.2) is 10.5 Å². The van der Waals surface area contributed by atoms with E-state index in [0.717, 1.165) is 16.8 Å². The molecule has 2 rings (SSSR count). The lowest BCUT2D eigenvalue weighted by Crippen LogP contribution is -2.19. The van der Waals surface area contributed by atoms with Crippen LogP contribution in [0.5, 0.6) is 5.88 Å². The SMILES string of the molecule is CNOC/C(=N\OC)c1ccccc1COc1cccc(C)n1. The number of hydrogen-bond acceptors (Lipinski definition) is 6. The van der Waals surface area contributed by atoms with Gasteiger partial charge in [-0.1, -0.05) is 35.5 Å². The van der Waals surface area contributed by atoms with Crippen molar-refractivity contribution in [2.24, 2.45) is 5.16 Å². The predicted molar refractivity (Wildman–Crippen MR) is 88.3 cm³/mol. The van der Waals surface area contributed by atoms with Crippen LogP contribution in [0.25, 0.3) is 0 Å². The summed E-state index contributed by atoms with van der Waals surface area (Å²) in [6.07, 6.45) is 0. The summed E-state index contributed by atoms with van der Waals surface area (Å²) in [5, 5.41) is 4.04. The van der Waals surface area contributed by atoms with Gasteiger partial charge in [0.2, 0.25) is 5.88 Å². The quantitative estimate of drug-likeness (QED) is 0.599. The van der Waals surface area contributed by atoms with Crippen molar-refractivity contribution in [3.05, 3.63) is 59.3 Å². The zero-order valence-electron chi connectivity index (χ0n) is 13.6. The molecule has 2 aromatic rings. The van der Waals surface area contributed by atoms with E-state index in [1.165, 1.54) is 7.11 Å². The average molecular weight is 315 g/mol.